The van der Waals surface area contributed by atoms with Gasteiger partial charge in [-0.3, -0.25) is 4.90 Å². The maximum absolute atomic E-state index is 10.3. The molecule has 0 fully saturated rings. The average Bonchev–Trinajstić information content (AvgIpc) is 2.48. The summed E-state index contributed by atoms with van der Waals surface area (Å²) in [5, 5.41) is 10.3. The first-order valence-electron chi connectivity index (χ1n) is 6.85. The Bertz CT molecular complexity index is 538. The molecule has 2 nitrogen and oxygen atoms in total. The molecule has 0 unspecified atom stereocenters. The Balaban J connectivity index is 1.66. The van der Waals surface area contributed by atoms with Crippen molar-refractivity contribution in [3.63, 3.8) is 0 Å². The number of aliphatic hydroxyl groups is 1. The Kier molecular flexibility index (Phi) is 3.62. The van der Waals surface area contributed by atoms with Crippen LogP contribution in [0.25, 0.3) is 0 Å². The van der Waals surface area contributed by atoms with Crippen LogP contribution in [0, 0.1) is 0 Å². The van der Waals surface area contributed by atoms with Crippen LogP contribution in [0.15, 0.2) is 54.6 Å². The van der Waals surface area contributed by atoms with Crippen LogP contribution >= 0.6 is 0 Å². The number of hydrogen-bond donors (Lipinski definition) is 1. The van der Waals surface area contributed by atoms with Crippen LogP contribution in [-0.2, 0) is 13.0 Å². The minimum atomic E-state index is -0.397. The highest BCUT2D eigenvalue weighted by molar-refractivity contribution is 5.29. The molecule has 0 spiro atoms. The van der Waals surface area contributed by atoms with E-state index in [1.807, 2.05) is 30.3 Å². The molecule has 0 bridgehead atoms. The molecule has 0 aromatic heterocycles. The first-order chi connectivity index (χ1) is 9.33. The van der Waals surface area contributed by atoms with Crippen molar-refractivity contribution in [2.24, 2.45) is 0 Å². The molecule has 0 amide bonds. The molecule has 0 saturated carbocycles. The average molecular weight is 253 g/mol. The lowest BCUT2D eigenvalue weighted by molar-refractivity contribution is 0.106. The summed E-state index contributed by atoms with van der Waals surface area (Å²) in [6.07, 6.45) is 0.684. The summed E-state index contributed by atoms with van der Waals surface area (Å²) in [4.78, 5) is 2.33. The van der Waals surface area contributed by atoms with Gasteiger partial charge in [-0.1, -0.05) is 54.6 Å². The first kappa shape index (κ1) is 12.4. The van der Waals surface area contributed by atoms with Crippen LogP contribution in [0.5, 0.6) is 0 Å². The van der Waals surface area contributed by atoms with Gasteiger partial charge in [-0.2, -0.15) is 0 Å². The summed E-state index contributed by atoms with van der Waals surface area (Å²) < 4.78 is 0. The molecule has 1 atom stereocenters. The molecular weight excluding hydrogens is 234 g/mol. The molecule has 98 valence electrons. The van der Waals surface area contributed by atoms with Gasteiger partial charge in [-0.15, -0.1) is 0 Å². The van der Waals surface area contributed by atoms with Crippen molar-refractivity contribution in [3.05, 3.63) is 71.3 Å². The van der Waals surface area contributed by atoms with Crippen molar-refractivity contribution in [1.29, 1.82) is 0 Å². The van der Waals surface area contributed by atoms with Gasteiger partial charge in [0, 0.05) is 19.6 Å². The van der Waals surface area contributed by atoms with Crippen molar-refractivity contribution < 1.29 is 5.11 Å². The van der Waals surface area contributed by atoms with Gasteiger partial charge in [0.05, 0.1) is 6.10 Å². The number of aliphatic hydroxyl groups excluding tert-OH is 1. The fourth-order valence-electron chi connectivity index (χ4n) is 2.74. The highest BCUT2D eigenvalue weighted by Gasteiger charge is 2.18. The summed E-state index contributed by atoms with van der Waals surface area (Å²) in [6.45, 7) is 2.68. The Morgan fingerprint density at radius 1 is 0.947 bits per heavy atom. The van der Waals surface area contributed by atoms with Gasteiger partial charge in [0.25, 0.3) is 0 Å². The zero-order valence-corrected chi connectivity index (χ0v) is 11.0. The quantitative estimate of drug-likeness (QED) is 0.909. The highest BCUT2D eigenvalue weighted by Crippen LogP contribution is 2.21. The third kappa shape index (κ3) is 2.86. The lowest BCUT2D eigenvalue weighted by atomic mass is 9.99. The van der Waals surface area contributed by atoms with E-state index in [2.05, 4.69) is 29.2 Å². The molecule has 1 heterocycles. The molecule has 2 heteroatoms. The topological polar surface area (TPSA) is 23.5 Å². The lowest BCUT2D eigenvalue weighted by Crippen LogP contribution is -2.33. The van der Waals surface area contributed by atoms with Crippen molar-refractivity contribution in [2.75, 3.05) is 13.1 Å². The Hall–Kier alpha value is -1.64. The van der Waals surface area contributed by atoms with Crippen molar-refractivity contribution in [3.8, 4) is 0 Å². The molecule has 3 rings (SSSR count). The zero-order chi connectivity index (χ0) is 13.1. The smallest absolute Gasteiger partial charge is 0.0917 e. The maximum atomic E-state index is 10.3. The standard InChI is InChI=1S/C17H19NO/c19-17(15-7-2-1-3-8-15)13-18-11-10-14-6-4-5-9-16(14)12-18/h1-9,17,19H,10-13H2/t17-/m0/s1. The molecule has 2 aromatic rings. The number of nitrogens with zero attached hydrogens (tertiary/aromatic N) is 1. The van der Waals surface area contributed by atoms with E-state index in [-0.39, 0.29) is 0 Å². The minimum Gasteiger partial charge on any atom is -0.387 e. The fraction of sp³-hybridized carbons (Fsp3) is 0.294. The Morgan fingerprint density at radius 2 is 1.63 bits per heavy atom. The SMILES string of the molecule is O[C@@H](CN1CCc2ccccc2C1)c1ccccc1. The van der Waals surface area contributed by atoms with E-state index in [1.165, 1.54) is 11.1 Å². The van der Waals surface area contributed by atoms with Crippen LogP contribution in [0.1, 0.15) is 22.8 Å². The summed E-state index contributed by atoms with van der Waals surface area (Å²) in [5.74, 6) is 0. The number of fused-ring (bicyclic) bond motifs is 1. The number of benzene rings is 2. The van der Waals surface area contributed by atoms with E-state index in [0.29, 0.717) is 6.54 Å². The second-order valence-electron chi connectivity index (χ2n) is 5.18. The second kappa shape index (κ2) is 5.55. The minimum absolute atomic E-state index is 0.397. The number of hydrogen-bond acceptors (Lipinski definition) is 2. The van der Waals surface area contributed by atoms with E-state index in [1.54, 1.807) is 0 Å². The Morgan fingerprint density at radius 3 is 2.42 bits per heavy atom. The largest absolute Gasteiger partial charge is 0.387 e. The molecule has 1 aliphatic heterocycles. The van der Waals surface area contributed by atoms with E-state index < -0.39 is 6.10 Å². The van der Waals surface area contributed by atoms with Gasteiger partial charge in [0.2, 0.25) is 0 Å². The van der Waals surface area contributed by atoms with Gasteiger partial charge in [0.15, 0.2) is 0 Å². The molecule has 2 aromatic carbocycles. The van der Waals surface area contributed by atoms with Crippen molar-refractivity contribution in [2.45, 2.75) is 19.1 Å². The zero-order valence-electron chi connectivity index (χ0n) is 11.0. The monoisotopic (exact) mass is 253 g/mol. The molecule has 0 radical (unpaired) electrons. The summed E-state index contributed by atoms with van der Waals surface area (Å²) >= 11 is 0. The van der Waals surface area contributed by atoms with E-state index in [9.17, 15) is 5.11 Å². The summed E-state index contributed by atoms with van der Waals surface area (Å²) in [7, 11) is 0. The van der Waals surface area contributed by atoms with Gasteiger partial charge in [0.1, 0.15) is 0 Å². The van der Waals surface area contributed by atoms with Crippen LogP contribution in [0.4, 0.5) is 0 Å². The van der Waals surface area contributed by atoms with Crippen LogP contribution in [0.2, 0.25) is 0 Å². The maximum Gasteiger partial charge on any atom is 0.0917 e. The molecule has 1 aliphatic rings. The molecule has 0 aliphatic carbocycles. The van der Waals surface area contributed by atoms with Crippen LogP contribution in [0.3, 0.4) is 0 Å². The van der Waals surface area contributed by atoms with Crippen molar-refractivity contribution >= 4 is 0 Å². The normalized spacial score (nSPS) is 16.9. The third-order valence-electron chi connectivity index (χ3n) is 3.83. The molecular formula is C17H19NO. The van der Waals surface area contributed by atoms with Gasteiger partial charge >= 0.3 is 0 Å². The van der Waals surface area contributed by atoms with Gasteiger partial charge < -0.3 is 5.11 Å². The van der Waals surface area contributed by atoms with E-state index in [0.717, 1.165) is 25.1 Å². The molecule has 1 N–H and O–H groups in total. The predicted octanol–water partition coefficient (Wildman–Crippen LogP) is 2.78. The fourth-order valence-corrected chi connectivity index (χ4v) is 2.74. The van der Waals surface area contributed by atoms with Crippen LogP contribution < -0.4 is 0 Å². The second-order valence-corrected chi connectivity index (χ2v) is 5.18. The first-order valence-corrected chi connectivity index (χ1v) is 6.85. The van der Waals surface area contributed by atoms with E-state index in [4.69, 9.17) is 0 Å². The number of rotatable bonds is 3. The van der Waals surface area contributed by atoms with Gasteiger partial charge in [-0.25, -0.2) is 0 Å². The summed E-state index contributed by atoms with van der Waals surface area (Å²) in [5.41, 5.74) is 3.85. The molecule has 0 saturated heterocycles. The third-order valence-corrected chi connectivity index (χ3v) is 3.83. The Labute approximate surface area is 114 Å². The van der Waals surface area contributed by atoms with E-state index >= 15 is 0 Å². The van der Waals surface area contributed by atoms with Crippen LogP contribution in [-0.4, -0.2) is 23.1 Å². The van der Waals surface area contributed by atoms with Gasteiger partial charge in [-0.05, 0) is 23.1 Å². The highest BCUT2D eigenvalue weighted by atomic mass is 16.3. The predicted molar refractivity (Wildman–Crippen MR) is 76.8 cm³/mol. The summed E-state index contributed by atoms with van der Waals surface area (Å²) in [6, 6.07) is 18.5. The lowest BCUT2D eigenvalue weighted by Gasteiger charge is -2.30. The molecule has 19 heavy (non-hydrogen) atoms. The number of β-amino-alcohol motifs (C(OH)–C–C–N with tert-alkyl or cyclic N) is 1. The van der Waals surface area contributed by atoms with Crippen molar-refractivity contribution in [1.82, 2.24) is 4.90 Å².